The Bertz CT molecular complexity index is 1060. The summed E-state index contributed by atoms with van der Waals surface area (Å²) in [7, 11) is 0. The van der Waals surface area contributed by atoms with E-state index < -0.39 is 0 Å². The molecule has 136 valence electrons. The van der Waals surface area contributed by atoms with Crippen LogP contribution in [0.3, 0.4) is 0 Å². The van der Waals surface area contributed by atoms with Crippen LogP contribution in [0, 0.1) is 18.3 Å². The molecule has 0 fully saturated rings. The molecule has 2 N–H and O–H groups in total. The standard InChI is InChI=1S/C18H15N5O3S/c1-10(22-25)6-16-20-18(27-23-16)21-17(24)14-8-15(26-11(14)2)13-5-3-4-12(7-13)9-19/h3-5,7-8,25H,6H2,1-2H3,(H,20,21,23,24). The van der Waals surface area contributed by atoms with E-state index in [0.717, 1.165) is 11.5 Å². The number of nitrogens with one attached hydrogen (secondary N) is 1. The molecule has 0 atom stereocenters. The third-order valence-corrected chi connectivity index (χ3v) is 4.38. The second-order valence-electron chi connectivity index (χ2n) is 5.76. The van der Waals surface area contributed by atoms with Crippen LogP contribution in [0.5, 0.6) is 0 Å². The highest BCUT2D eigenvalue weighted by molar-refractivity contribution is 7.09. The molecule has 1 amide bonds. The summed E-state index contributed by atoms with van der Waals surface area (Å²) in [6, 6.07) is 10.7. The van der Waals surface area contributed by atoms with Crippen molar-refractivity contribution in [3.63, 3.8) is 0 Å². The smallest absolute Gasteiger partial charge is 0.261 e. The van der Waals surface area contributed by atoms with Gasteiger partial charge >= 0.3 is 0 Å². The Morgan fingerprint density at radius 1 is 1.44 bits per heavy atom. The number of furan rings is 1. The molecule has 8 nitrogen and oxygen atoms in total. The summed E-state index contributed by atoms with van der Waals surface area (Å²) >= 11 is 1.04. The highest BCUT2D eigenvalue weighted by Gasteiger charge is 2.18. The van der Waals surface area contributed by atoms with Crippen LogP contribution in [-0.4, -0.2) is 26.2 Å². The molecule has 3 aromatic rings. The maximum atomic E-state index is 12.5. The minimum absolute atomic E-state index is 0.299. The van der Waals surface area contributed by atoms with E-state index in [-0.39, 0.29) is 5.91 Å². The maximum absolute atomic E-state index is 12.5. The van der Waals surface area contributed by atoms with Crippen molar-refractivity contribution in [2.75, 3.05) is 5.32 Å². The quantitative estimate of drug-likeness (QED) is 0.395. The van der Waals surface area contributed by atoms with E-state index in [9.17, 15) is 4.79 Å². The lowest BCUT2D eigenvalue weighted by Gasteiger charge is -1.98. The van der Waals surface area contributed by atoms with Crippen molar-refractivity contribution in [3.05, 3.63) is 53.0 Å². The summed E-state index contributed by atoms with van der Waals surface area (Å²) in [4.78, 5) is 16.7. The van der Waals surface area contributed by atoms with Crippen LogP contribution in [0.2, 0.25) is 0 Å². The van der Waals surface area contributed by atoms with Crippen molar-refractivity contribution in [1.29, 1.82) is 5.26 Å². The Kier molecular flexibility index (Phi) is 5.28. The molecule has 0 saturated heterocycles. The van der Waals surface area contributed by atoms with Crippen molar-refractivity contribution < 1.29 is 14.4 Å². The first kappa shape index (κ1) is 18.3. The lowest BCUT2D eigenvalue weighted by molar-refractivity contribution is 0.102. The SMILES string of the molecule is CC(Cc1nsc(NC(=O)c2cc(-c3cccc(C#N)c3)oc2C)n1)=NO. The van der Waals surface area contributed by atoms with Crippen LogP contribution in [0.15, 0.2) is 39.9 Å². The van der Waals surface area contributed by atoms with Gasteiger partial charge in [-0.15, -0.1) is 0 Å². The largest absolute Gasteiger partial charge is 0.461 e. The van der Waals surface area contributed by atoms with E-state index in [1.807, 2.05) is 6.07 Å². The van der Waals surface area contributed by atoms with Gasteiger partial charge in [-0.1, -0.05) is 17.3 Å². The van der Waals surface area contributed by atoms with Gasteiger partial charge in [-0.05, 0) is 32.0 Å². The normalized spacial score (nSPS) is 11.2. The number of hydrogen-bond donors (Lipinski definition) is 2. The lowest BCUT2D eigenvalue weighted by atomic mass is 10.1. The third kappa shape index (κ3) is 4.19. The lowest BCUT2D eigenvalue weighted by Crippen LogP contribution is -2.12. The fourth-order valence-electron chi connectivity index (χ4n) is 2.40. The highest BCUT2D eigenvalue weighted by atomic mass is 32.1. The first-order chi connectivity index (χ1) is 13.0. The number of carbonyl (C=O) groups is 1. The number of benzene rings is 1. The second-order valence-corrected chi connectivity index (χ2v) is 6.51. The Balaban J connectivity index is 1.78. The van der Waals surface area contributed by atoms with Crippen LogP contribution >= 0.6 is 11.5 Å². The molecule has 2 aromatic heterocycles. The van der Waals surface area contributed by atoms with Gasteiger partial charge in [-0.25, -0.2) is 4.98 Å². The molecule has 0 bridgehead atoms. The molecular weight excluding hydrogens is 366 g/mol. The number of oxime groups is 1. The molecule has 0 aliphatic rings. The Hall–Kier alpha value is -3.51. The number of hydrogen-bond acceptors (Lipinski definition) is 8. The average Bonchev–Trinajstić information content (AvgIpc) is 3.28. The Morgan fingerprint density at radius 3 is 3.00 bits per heavy atom. The monoisotopic (exact) mass is 381 g/mol. The number of anilines is 1. The Labute approximate surface area is 158 Å². The van der Waals surface area contributed by atoms with Crippen LogP contribution in [-0.2, 0) is 6.42 Å². The number of carbonyl (C=O) groups excluding carboxylic acids is 1. The molecule has 27 heavy (non-hydrogen) atoms. The van der Waals surface area contributed by atoms with Crippen LogP contribution in [0.25, 0.3) is 11.3 Å². The summed E-state index contributed by atoms with van der Waals surface area (Å²) in [5, 5.41) is 23.8. The van der Waals surface area contributed by atoms with E-state index in [2.05, 4.69) is 25.9 Å². The van der Waals surface area contributed by atoms with Gasteiger partial charge < -0.3 is 9.62 Å². The number of rotatable bonds is 5. The molecule has 0 unspecified atom stereocenters. The van der Waals surface area contributed by atoms with Crippen LogP contribution in [0.4, 0.5) is 5.13 Å². The third-order valence-electron chi connectivity index (χ3n) is 3.71. The summed E-state index contributed by atoms with van der Waals surface area (Å²) in [5.41, 5.74) is 2.07. The van der Waals surface area contributed by atoms with Crippen molar-refractivity contribution >= 4 is 28.3 Å². The summed E-state index contributed by atoms with van der Waals surface area (Å²) in [6.07, 6.45) is 0.299. The van der Waals surface area contributed by atoms with Gasteiger partial charge in [0.1, 0.15) is 17.3 Å². The van der Waals surface area contributed by atoms with Gasteiger partial charge in [0, 0.05) is 17.1 Å². The predicted molar refractivity (Wildman–Crippen MR) is 100 cm³/mol. The molecule has 2 heterocycles. The minimum atomic E-state index is -0.366. The molecule has 0 spiro atoms. The van der Waals surface area contributed by atoms with Gasteiger partial charge in [0.05, 0.1) is 29.3 Å². The van der Waals surface area contributed by atoms with Crippen molar-refractivity contribution in [1.82, 2.24) is 9.36 Å². The zero-order chi connectivity index (χ0) is 19.4. The average molecular weight is 381 g/mol. The molecule has 9 heteroatoms. The van der Waals surface area contributed by atoms with E-state index in [0.29, 0.717) is 51.3 Å². The number of nitriles is 1. The van der Waals surface area contributed by atoms with Gasteiger partial charge in [-0.3, -0.25) is 10.1 Å². The number of nitrogens with zero attached hydrogens (tertiary/aromatic N) is 4. The summed E-state index contributed by atoms with van der Waals surface area (Å²) < 4.78 is 9.80. The highest BCUT2D eigenvalue weighted by Crippen LogP contribution is 2.27. The molecule has 1 aromatic carbocycles. The van der Waals surface area contributed by atoms with E-state index in [1.165, 1.54) is 0 Å². The fraction of sp³-hybridized carbons (Fsp3) is 0.167. The van der Waals surface area contributed by atoms with Crippen molar-refractivity contribution in [3.8, 4) is 17.4 Å². The summed E-state index contributed by atoms with van der Waals surface area (Å²) in [6.45, 7) is 3.34. The molecular formula is C18H15N5O3S. The predicted octanol–water partition coefficient (Wildman–Crippen LogP) is 3.62. The topological polar surface area (TPSA) is 124 Å². The number of aromatic nitrogens is 2. The fourth-order valence-corrected chi connectivity index (χ4v) is 2.98. The van der Waals surface area contributed by atoms with Crippen LogP contribution in [0.1, 0.15) is 34.4 Å². The molecule has 0 aliphatic carbocycles. The molecule has 0 radical (unpaired) electrons. The Morgan fingerprint density at radius 2 is 2.26 bits per heavy atom. The first-order valence-corrected chi connectivity index (χ1v) is 8.70. The molecule has 0 aliphatic heterocycles. The zero-order valence-corrected chi connectivity index (χ0v) is 15.4. The van der Waals surface area contributed by atoms with Gasteiger partial charge in [0.25, 0.3) is 5.91 Å². The van der Waals surface area contributed by atoms with Gasteiger partial charge in [0.2, 0.25) is 5.13 Å². The van der Waals surface area contributed by atoms with E-state index >= 15 is 0 Å². The first-order valence-electron chi connectivity index (χ1n) is 7.92. The zero-order valence-electron chi connectivity index (χ0n) is 14.6. The molecule has 0 saturated carbocycles. The second kappa shape index (κ2) is 7.80. The maximum Gasteiger partial charge on any atom is 0.261 e. The minimum Gasteiger partial charge on any atom is -0.461 e. The van der Waals surface area contributed by atoms with Crippen LogP contribution < -0.4 is 5.32 Å². The van der Waals surface area contributed by atoms with Crippen molar-refractivity contribution in [2.24, 2.45) is 5.16 Å². The number of amides is 1. The molecule has 3 rings (SSSR count). The van der Waals surface area contributed by atoms with E-state index in [1.54, 1.807) is 38.1 Å². The number of aryl methyl sites for hydroxylation is 1. The van der Waals surface area contributed by atoms with Gasteiger partial charge in [0.15, 0.2) is 0 Å². The van der Waals surface area contributed by atoms with E-state index in [4.69, 9.17) is 14.9 Å². The van der Waals surface area contributed by atoms with Gasteiger partial charge in [-0.2, -0.15) is 9.64 Å². The van der Waals surface area contributed by atoms with Crippen molar-refractivity contribution in [2.45, 2.75) is 20.3 Å². The summed E-state index contributed by atoms with van der Waals surface area (Å²) in [5.74, 6) is 1.05.